The van der Waals surface area contributed by atoms with Gasteiger partial charge in [-0.3, -0.25) is 0 Å². The van der Waals surface area contributed by atoms with Crippen molar-refractivity contribution in [3.8, 4) is 5.75 Å². The Hall–Kier alpha value is -2.04. The molecule has 1 aromatic carbocycles. The van der Waals surface area contributed by atoms with E-state index < -0.39 is 17.7 Å². The number of carbonyl (C=O) groups excluding carboxylic acids is 2. The number of aryl methyl sites for hydroxylation is 2. The van der Waals surface area contributed by atoms with Gasteiger partial charge in [0.2, 0.25) is 0 Å². The molecule has 0 saturated carbocycles. The van der Waals surface area contributed by atoms with Gasteiger partial charge >= 0.3 is 11.9 Å². The average Bonchev–Trinajstić information content (AvgIpc) is 2.27. The Morgan fingerprint density at radius 1 is 1.00 bits per heavy atom. The Kier molecular flexibility index (Phi) is 3.73. The van der Waals surface area contributed by atoms with Crippen LogP contribution in [0.2, 0.25) is 0 Å². The zero-order valence-electron chi connectivity index (χ0n) is 10.2. The van der Waals surface area contributed by atoms with Gasteiger partial charge in [-0.05, 0) is 25.0 Å². The normalized spacial score (nSPS) is 9.88. The summed E-state index contributed by atoms with van der Waals surface area (Å²) in [5.74, 6) is -1.78. The molecule has 0 atom stereocenters. The van der Waals surface area contributed by atoms with E-state index in [1.54, 1.807) is 19.9 Å². The van der Waals surface area contributed by atoms with Gasteiger partial charge in [0.05, 0.1) is 14.2 Å². The van der Waals surface area contributed by atoms with Crippen LogP contribution in [0.15, 0.2) is 6.07 Å². The summed E-state index contributed by atoms with van der Waals surface area (Å²) < 4.78 is 9.11. The highest BCUT2D eigenvalue weighted by Crippen LogP contribution is 2.30. The van der Waals surface area contributed by atoms with Crippen LogP contribution in [0, 0.1) is 13.8 Å². The number of methoxy groups -OCH3 is 2. The number of aromatic hydroxyl groups is 1. The molecule has 0 saturated heterocycles. The molecule has 0 heterocycles. The van der Waals surface area contributed by atoms with E-state index in [4.69, 9.17) is 0 Å². The molecule has 0 spiro atoms. The van der Waals surface area contributed by atoms with Gasteiger partial charge in [0, 0.05) is 0 Å². The molecule has 1 N–H and O–H groups in total. The van der Waals surface area contributed by atoms with Gasteiger partial charge in [-0.1, -0.05) is 6.07 Å². The van der Waals surface area contributed by atoms with Crippen LogP contribution in [-0.2, 0) is 9.47 Å². The van der Waals surface area contributed by atoms with Crippen molar-refractivity contribution in [2.24, 2.45) is 0 Å². The van der Waals surface area contributed by atoms with Gasteiger partial charge < -0.3 is 14.6 Å². The first-order chi connectivity index (χ1) is 7.93. The van der Waals surface area contributed by atoms with E-state index >= 15 is 0 Å². The molecule has 5 heteroatoms. The lowest BCUT2D eigenvalue weighted by Crippen LogP contribution is -2.11. The van der Waals surface area contributed by atoms with E-state index in [9.17, 15) is 14.7 Å². The third kappa shape index (κ3) is 2.22. The second-order valence-corrected chi connectivity index (χ2v) is 3.59. The molecule has 0 aliphatic heterocycles. The molecule has 1 aromatic rings. The van der Waals surface area contributed by atoms with Crippen LogP contribution in [0.1, 0.15) is 31.8 Å². The smallest absolute Gasteiger partial charge is 0.341 e. The lowest BCUT2D eigenvalue weighted by Gasteiger charge is -2.12. The van der Waals surface area contributed by atoms with E-state index in [0.29, 0.717) is 11.1 Å². The fraction of sp³-hybridized carbons (Fsp3) is 0.333. The summed E-state index contributed by atoms with van der Waals surface area (Å²) >= 11 is 0. The standard InChI is InChI=1S/C12H14O5/c1-6-5-7(2)9(12(15)17-4)10(13)8(6)11(14)16-3/h5,13H,1-4H3. The molecule has 5 nitrogen and oxygen atoms in total. The molecule has 0 amide bonds. The number of phenols is 1. The first-order valence-electron chi connectivity index (χ1n) is 4.93. The van der Waals surface area contributed by atoms with E-state index in [1.807, 2.05) is 0 Å². The van der Waals surface area contributed by atoms with Crippen molar-refractivity contribution in [1.82, 2.24) is 0 Å². The number of ether oxygens (including phenoxy) is 2. The van der Waals surface area contributed by atoms with E-state index in [0.717, 1.165) is 0 Å². The van der Waals surface area contributed by atoms with Gasteiger partial charge in [0.1, 0.15) is 16.9 Å². The van der Waals surface area contributed by atoms with E-state index in [2.05, 4.69) is 9.47 Å². The van der Waals surface area contributed by atoms with Gasteiger partial charge in [-0.15, -0.1) is 0 Å². The van der Waals surface area contributed by atoms with E-state index in [-0.39, 0.29) is 11.1 Å². The highest BCUT2D eigenvalue weighted by molar-refractivity contribution is 6.02. The van der Waals surface area contributed by atoms with Crippen molar-refractivity contribution in [1.29, 1.82) is 0 Å². The summed E-state index contributed by atoms with van der Waals surface area (Å²) in [6, 6.07) is 1.62. The Bertz CT molecular complexity index is 436. The van der Waals surface area contributed by atoms with E-state index in [1.165, 1.54) is 14.2 Å². The van der Waals surface area contributed by atoms with Crippen molar-refractivity contribution in [2.45, 2.75) is 13.8 Å². The lowest BCUT2D eigenvalue weighted by molar-refractivity contribution is 0.0591. The number of hydrogen-bond donors (Lipinski definition) is 1. The fourth-order valence-electron chi connectivity index (χ4n) is 1.69. The monoisotopic (exact) mass is 238 g/mol. The Morgan fingerprint density at radius 3 is 1.65 bits per heavy atom. The highest BCUT2D eigenvalue weighted by Gasteiger charge is 2.24. The minimum atomic E-state index is -0.690. The Morgan fingerprint density at radius 2 is 1.35 bits per heavy atom. The first-order valence-corrected chi connectivity index (χ1v) is 4.93. The molecule has 0 aliphatic carbocycles. The zero-order chi connectivity index (χ0) is 13.2. The van der Waals surface area contributed by atoms with Crippen molar-refractivity contribution < 1.29 is 24.2 Å². The third-order valence-corrected chi connectivity index (χ3v) is 2.47. The molecule has 0 bridgehead atoms. The zero-order valence-corrected chi connectivity index (χ0v) is 10.2. The molecule has 0 radical (unpaired) electrons. The van der Waals surface area contributed by atoms with Crippen LogP contribution < -0.4 is 0 Å². The second-order valence-electron chi connectivity index (χ2n) is 3.59. The third-order valence-electron chi connectivity index (χ3n) is 2.47. The number of hydrogen-bond acceptors (Lipinski definition) is 5. The number of phenolic OH excluding ortho intramolecular Hbond substituents is 1. The molecule has 0 unspecified atom stereocenters. The predicted molar refractivity (Wildman–Crippen MR) is 60.3 cm³/mol. The molecule has 92 valence electrons. The molecule has 0 aliphatic rings. The number of rotatable bonds is 2. The summed E-state index contributed by atoms with van der Waals surface area (Å²) in [5, 5.41) is 9.95. The van der Waals surface area contributed by atoms with Gasteiger partial charge in [0.15, 0.2) is 0 Å². The van der Waals surface area contributed by atoms with Gasteiger partial charge in [-0.25, -0.2) is 9.59 Å². The SMILES string of the molecule is COC(=O)c1c(C)cc(C)c(C(=O)OC)c1O. The minimum Gasteiger partial charge on any atom is -0.506 e. The first kappa shape index (κ1) is 13.0. The maximum absolute atomic E-state index is 11.5. The Balaban J connectivity index is 3.54. The van der Waals surface area contributed by atoms with Crippen molar-refractivity contribution in [3.05, 3.63) is 28.3 Å². The summed E-state index contributed by atoms with van der Waals surface area (Å²) in [6.45, 7) is 3.31. The van der Waals surface area contributed by atoms with Crippen molar-refractivity contribution in [2.75, 3.05) is 14.2 Å². The number of benzene rings is 1. The molecule has 0 fully saturated rings. The second kappa shape index (κ2) is 4.86. The fourth-order valence-corrected chi connectivity index (χ4v) is 1.69. The molecule has 17 heavy (non-hydrogen) atoms. The summed E-state index contributed by atoms with van der Waals surface area (Å²) in [7, 11) is 2.41. The van der Waals surface area contributed by atoms with Crippen molar-refractivity contribution >= 4 is 11.9 Å². The highest BCUT2D eigenvalue weighted by atomic mass is 16.5. The molecular weight excluding hydrogens is 224 g/mol. The summed E-state index contributed by atoms with van der Waals surface area (Å²) in [6.07, 6.45) is 0. The minimum absolute atomic E-state index is 0.0153. The molecule has 0 aromatic heterocycles. The molecule has 1 rings (SSSR count). The lowest BCUT2D eigenvalue weighted by atomic mass is 9.98. The van der Waals surface area contributed by atoms with Gasteiger partial charge in [0.25, 0.3) is 0 Å². The quantitative estimate of drug-likeness (QED) is 0.792. The van der Waals surface area contributed by atoms with Gasteiger partial charge in [-0.2, -0.15) is 0 Å². The van der Waals surface area contributed by atoms with Crippen LogP contribution in [-0.4, -0.2) is 31.3 Å². The molecular formula is C12H14O5. The van der Waals surface area contributed by atoms with Crippen LogP contribution in [0.25, 0.3) is 0 Å². The maximum atomic E-state index is 11.5. The number of esters is 2. The summed E-state index contributed by atoms with van der Waals surface area (Å²) in [4.78, 5) is 23.0. The van der Waals surface area contributed by atoms with Crippen LogP contribution in [0.4, 0.5) is 0 Å². The summed E-state index contributed by atoms with van der Waals surface area (Å²) in [5.41, 5.74) is 1.05. The average molecular weight is 238 g/mol. The largest absolute Gasteiger partial charge is 0.506 e. The maximum Gasteiger partial charge on any atom is 0.341 e. The Labute approximate surface area is 99.0 Å². The van der Waals surface area contributed by atoms with Crippen molar-refractivity contribution in [3.63, 3.8) is 0 Å². The van der Waals surface area contributed by atoms with Crippen LogP contribution >= 0.6 is 0 Å². The van der Waals surface area contributed by atoms with Crippen LogP contribution in [0.3, 0.4) is 0 Å². The predicted octanol–water partition coefficient (Wildman–Crippen LogP) is 1.58. The van der Waals surface area contributed by atoms with Crippen LogP contribution in [0.5, 0.6) is 5.75 Å². The topological polar surface area (TPSA) is 72.8 Å². The number of carbonyl (C=O) groups is 2.